The van der Waals surface area contributed by atoms with Crippen LogP contribution in [0.5, 0.6) is 5.75 Å². The highest BCUT2D eigenvalue weighted by Crippen LogP contribution is 2.35. The average Bonchev–Trinajstić information content (AvgIpc) is 2.62. The predicted octanol–water partition coefficient (Wildman–Crippen LogP) is 6.37. The molecule has 1 aliphatic rings. The maximum absolute atomic E-state index is 12.2. The summed E-state index contributed by atoms with van der Waals surface area (Å²) in [5.74, 6) is 1.82. The van der Waals surface area contributed by atoms with E-state index in [9.17, 15) is 8.78 Å². The number of ether oxygens (including phenoxy) is 1. The third-order valence-corrected chi connectivity index (χ3v) is 5.32. The minimum atomic E-state index is -2.77. The molecule has 0 atom stereocenters. The predicted molar refractivity (Wildman–Crippen MR) is 97.3 cm³/mol. The van der Waals surface area contributed by atoms with Gasteiger partial charge in [0.15, 0.2) is 0 Å². The van der Waals surface area contributed by atoms with Crippen molar-refractivity contribution in [3.8, 4) is 5.75 Å². The third-order valence-electron chi connectivity index (χ3n) is 5.32. The number of halogens is 2. The minimum Gasteiger partial charge on any atom is -0.435 e. The number of alkyl halides is 2. The molecule has 0 unspecified atom stereocenters. The first-order chi connectivity index (χ1) is 12.1. The minimum absolute atomic E-state index is 0.213. The summed E-state index contributed by atoms with van der Waals surface area (Å²) >= 11 is 0. The summed E-state index contributed by atoms with van der Waals surface area (Å²) < 4.78 is 28.7. The molecule has 0 aliphatic heterocycles. The van der Waals surface area contributed by atoms with Gasteiger partial charge in [0.2, 0.25) is 0 Å². The van der Waals surface area contributed by atoms with Crippen molar-refractivity contribution in [2.45, 2.75) is 58.0 Å². The summed E-state index contributed by atoms with van der Waals surface area (Å²) in [4.78, 5) is 0. The van der Waals surface area contributed by atoms with Gasteiger partial charge in [-0.3, -0.25) is 0 Å². The van der Waals surface area contributed by atoms with Gasteiger partial charge in [-0.05, 0) is 66.3 Å². The monoisotopic (exact) mass is 344 g/mol. The van der Waals surface area contributed by atoms with Crippen LogP contribution in [-0.4, -0.2) is 6.61 Å². The van der Waals surface area contributed by atoms with E-state index >= 15 is 0 Å². The molecule has 0 bridgehead atoms. The Bertz CT molecular complexity index is 641. The third kappa shape index (κ3) is 5.29. The van der Waals surface area contributed by atoms with Crippen molar-refractivity contribution in [3.63, 3.8) is 0 Å². The van der Waals surface area contributed by atoms with Gasteiger partial charge in [0, 0.05) is 0 Å². The zero-order chi connectivity index (χ0) is 17.6. The molecule has 1 saturated carbocycles. The highest BCUT2D eigenvalue weighted by molar-refractivity contribution is 5.29. The van der Waals surface area contributed by atoms with Crippen LogP contribution in [0.15, 0.2) is 48.5 Å². The van der Waals surface area contributed by atoms with Crippen molar-refractivity contribution >= 4 is 0 Å². The number of hydrogen-bond donors (Lipinski definition) is 0. The van der Waals surface area contributed by atoms with Crippen LogP contribution >= 0.6 is 0 Å². The highest BCUT2D eigenvalue weighted by atomic mass is 19.3. The Morgan fingerprint density at radius 2 is 1.36 bits per heavy atom. The molecule has 2 aromatic carbocycles. The SMILES string of the molecule is CC1CCC(c2ccc(CCc3ccc(OC(F)F)cc3)cc2)CC1. The topological polar surface area (TPSA) is 9.23 Å². The van der Waals surface area contributed by atoms with Crippen molar-refractivity contribution in [3.05, 3.63) is 65.2 Å². The Kier molecular flexibility index (Phi) is 6.06. The molecule has 0 spiro atoms. The molecule has 25 heavy (non-hydrogen) atoms. The van der Waals surface area contributed by atoms with Gasteiger partial charge < -0.3 is 4.74 Å². The number of hydrogen-bond acceptors (Lipinski definition) is 1. The quantitative estimate of drug-likeness (QED) is 0.592. The standard InChI is InChI=1S/C22H26F2O/c1-16-2-10-19(11-3-16)20-12-6-17(7-13-20)4-5-18-8-14-21(15-9-18)25-22(23)24/h6-9,12-16,19,22H,2-5,10-11H2,1H3. The van der Waals surface area contributed by atoms with Crippen LogP contribution in [0.2, 0.25) is 0 Å². The van der Waals surface area contributed by atoms with Gasteiger partial charge in [-0.2, -0.15) is 8.78 Å². The van der Waals surface area contributed by atoms with Crippen LogP contribution in [-0.2, 0) is 12.8 Å². The number of rotatable bonds is 6. The van der Waals surface area contributed by atoms with E-state index < -0.39 is 6.61 Å². The molecule has 2 aromatic rings. The summed E-state index contributed by atoms with van der Waals surface area (Å²) in [5, 5.41) is 0. The van der Waals surface area contributed by atoms with Gasteiger partial charge in [0.05, 0.1) is 0 Å². The molecule has 3 heteroatoms. The summed E-state index contributed by atoms with van der Waals surface area (Å²) in [5.41, 5.74) is 3.93. The lowest BCUT2D eigenvalue weighted by molar-refractivity contribution is -0.0498. The Morgan fingerprint density at radius 1 is 0.840 bits per heavy atom. The molecular formula is C22H26F2O. The van der Waals surface area contributed by atoms with Gasteiger partial charge in [-0.25, -0.2) is 0 Å². The molecule has 0 saturated heterocycles. The van der Waals surface area contributed by atoms with E-state index in [1.54, 1.807) is 12.1 Å². The highest BCUT2D eigenvalue weighted by Gasteiger charge is 2.19. The first-order valence-corrected chi connectivity index (χ1v) is 9.23. The van der Waals surface area contributed by atoms with Crippen LogP contribution in [0.3, 0.4) is 0 Å². The van der Waals surface area contributed by atoms with Gasteiger partial charge in [-0.1, -0.05) is 56.2 Å². The molecule has 134 valence electrons. The summed E-state index contributed by atoms with van der Waals surface area (Å²) in [7, 11) is 0. The molecule has 0 amide bonds. The van der Waals surface area contributed by atoms with Crippen LogP contribution in [0.1, 0.15) is 55.2 Å². The van der Waals surface area contributed by atoms with Crippen LogP contribution < -0.4 is 4.74 Å². The molecule has 3 rings (SSSR count). The van der Waals surface area contributed by atoms with E-state index in [0.717, 1.165) is 30.2 Å². The molecule has 0 heterocycles. The fourth-order valence-electron chi connectivity index (χ4n) is 3.68. The van der Waals surface area contributed by atoms with Crippen LogP contribution in [0, 0.1) is 5.92 Å². The summed E-state index contributed by atoms with van der Waals surface area (Å²) in [6, 6.07) is 16.0. The second kappa shape index (κ2) is 8.46. The molecule has 0 N–H and O–H groups in total. The van der Waals surface area contributed by atoms with Crippen LogP contribution in [0.4, 0.5) is 8.78 Å². The molecule has 1 fully saturated rings. The van der Waals surface area contributed by atoms with Crippen molar-refractivity contribution in [2.24, 2.45) is 5.92 Å². The normalized spacial score (nSPS) is 20.6. The smallest absolute Gasteiger partial charge is 0.387 e. The second-order valence-corrected chi connectivity index (χ2v) is 7.22. The van der Waals surface area contributed by atoms with Gasteiger partial charge >= 0.3 is 6.61 Å². The zero-order valence-electron chi connectivity index (χ0n) is 14.8. The zero-order valence-corrected chi connectivity index (χ0v) is 14.8. The lowest BCUT2D eigenvalue weighted by Crippen LogP contribution is -2.10. The maximum atomic E-state index is 12.2. The lowest BCUT2D eigenvalue weighted by Gasteiger charge is -2.26. The largest absolute Gasteiger partial charge is 0.435 e. The van der Waals surface area contributed by atoms with Crippen molar-refractivity contribution in [2.75, 3.05) is 0 Å². The summed E-state index contributed by atoms with van der Waals surface area (Å²) in [6.45, 7) is -0.414. The molecule has 0 radical (unpaired) electrons. The van der Waals surface area contributed by atoms with Crippen molar-refractivity contribution in [1.82, 2.24) is 0 Å². The Morgan fingerprint density at radius 3 is 1.88 bits per heavy atom. The fraction of sp³-hybridized carbons (Fsp3) is 0.455. The van der Waals surface area contributed by atoms with Gasteiger partial charge in [0.1, 0.15) is 5.75 Å². The average molecular weight is 344 g/mol. The maximum Gasteiger partial charge on any atom is 0.387 e. The molecular weight excluding hydrogens is 318 g/mol. The van der Waals surface area contributed by atoms with Gasteiger partial charge in [-0.15, -0.1) is 0 Å². The Labute approximate surface area is 149 Å². The van der Waals surface area contributed by atoms with Crippen LogP contribution in [0.25, 0.3) is 0 Å². The number of aryl methyl sites for hydroxylation is 2. The Hall–Kier alpha value is -1.90. The van der Waals surface area contributed by atoms with Gasteiger partial charge in [0.25, 0.3) is 0 Å². The molecule has 1 nitrogen and oxygen atoms in total. The van der Waals surface area contributed by atoms with E-state index in [0.29, 0.717) is 0 Å². The summed E-state index contributed by atoms with van der Waals surface area (Å²) in [6.07, 6.45) is 7.17. The first-order valence-electron chi connectivity index (χ1n) is 9.23. The lowest BCUT2D eigenvalue weighted by atomic mass is 9.79. The van der Waals surface area contributed by atoms with E-state index in [1.165, 1.54) is 36.8 Å². The molecule has 0 aromatic heterocycles. The fourth-order valence-corrected chi connectivity index (χ4v) is 3.68. The Balaban J connectivity index is 1.51. The number of benzene rings is 2. The second-order valence-electron chi connectivity index (χ2n) is 7.22. The van der Waals surface area contributed by atoms with Crippen molar-refractivity contribution in [1.29, 1.82) is 0 Å². The van der Waals surface area contributed by atoms with E-state index in [4.69, 9.17) is 0 Å². The first kappa shape index (κ1) is 17.9. The van der Waals surface area contributed by atoms with E-state index in [2.05, 4.69) is 35.9 Å². The van der Waals surface area contributed by atoms with Crippen molar-refractivity contribution < 1.29 is 13.5 Å². The molecule has 1 aliphatic carbocycles. The van der Waals surface area contributed by atoms with E-state index in [1.807, 2.05) is 12.1 Å². The van der Waals surface area contributed by atoms with E-state index in [-0.39, 0.29) is 5.75 Å².